The van der Waals surface area contributed by atoms with Gasteiger partial charge >= 0.3 is 0 Å². The zero-order valence-corrected chi connectivity index (χ0v) is 18.8. The highest BCUT2D eigenvalue weighted by Gasteiger charge is 2.28. The van der Waals surface area contributed by atoms with Gasteiger partial charge in [-0.25, -0.2) is 8.78 Å². The molecule has 2 fully saturated rings. The van der Waals surface area contributed by atoms with Crippen LogP contribution >= 0.6 is 24.8 Å². The number of nitrogens with one attached hydrogen (secondary N) is 1. The largest absolute Gasteiger partial charge is 0.340 e. The number of carbonyl (C=O) groups excluding carboxylic acids is 1. The van der Waals surface area contributed by atoms with Crippen molar-refractivity contribution >= 4 is 30.7 Å². The summed E-state index contributed by atoms with van der Waals surface area (Å²) in [6, 6.07) is 3.63. The van der Waals surface area contributed by atoms with Gasteiger partial charge in [-0.15, -0.1) is 24.8 Å². The Labute approximate surface area is 185 Å². The summed E-state index contributed by atoms with van der Waals surface area (Å²) in [5.41, 5.74) is 0.509. The van der Waals surface area contributed by atoms with Crippen molar-refractivity contribution in [3.05, 3.63) is 35.4 Å². The normalized spacial score (nSPS) is 22.2. The van der Waals surface area contributed by atoms with Gasteiger partial charge in [-0.1, -0.05) is 13.0 Å². The number of hydrogen-bond acceptors (Lipinski definition) is 3. The third-order valence-corrected chi connectivity index (χ3v) is 6.26. The minimum atomic E-state index is -0.554. The lowest BCUT2D eigenvalue weighted by Crippen LogP contribution is -2.49. The monoisotopic (exact) mass is 451 g/mol. The Morgan fingerprint density at radius 2 is 1.86 bits per heavy atom. The van der Waals surface area contributed by atoms with Gasteiger partial charge in [-0.3, -0.25) is 9.69 Å². The summed E-state index contributed by atoms with van der Waals surface area (Å²) in [5.74, 6) is 0.159. The molecule has 2 aliphatic rings. The van der Waals surface area contributed by atoms with Gasteiger partial charge < -0.3 is 10.2 Å². The van der Waals surface area contributed by atoms with Gasteiger partial charge in [0, 0.05) is 50.3 Å². The van der Waals surface area contributed by atoms with Crippen molar-refractivity contribution < 1.29 is 13.6 Å². The van der Waals surface area contributed by atoms with Crippen LogP contribution in [0, 0.1) is 23.5 Å². The molecule has 0 bridgehead atoms. The summed E-state index contributed by atoms with van der Waals surface area (Å²) < 4.78 is 27.2. The van der Waals surface area contributed by atoms with E-state index in [0.717, 1.165) is 19.2 Å². The van der Waals surface area contributed by atoms with Crippen LogP contribution in [0.2, 0.25) is 0 Å². The van der Waals surface area contributed by atoms with Gasteiger partial charge in [0.05, 0.1) is 0 Å². The van der Waals surface area contributed by atoms with Crippen molar-refractivity contribution in [1.29, 1.82) is 0 Å². The van der Waals surface area contributed by atoms with Gasteiger partial charge in [0.25, 0.3) is 0 Å². The van der Waals surface area contributed by atoms with E-state index in [4.69, 9.17) is 0 Å². The number of piperazine rings is 1. The minimum Gasteiger partial charge on any atom is -0.340 e. The average Bonchev–Trinajstić information content (AvgIpc) is 2.68. The highest BCUT2D eigenvalue weighted by atomic mass is 35.5. The zero-order valence-electron chi connectivity index (χ0n) is 17.2. The van der Waals surface area contributed by atoms with E-state index in [-0.39, 0.29) is 36.8 Å². The third-order valence-electron chi connectivity index (χ3n) is 6.26. The van der Waals surface area contributed by atoms with E-state index in [1.807, 2.05) is 11.8 Å². The predicted octanol–water partition coefficient (Wildman–Crippen LogP) is 4.04. The molecule has 1 amide bonds. The lowest BCUT2D eigenvalue weighted by Gasteiger charge is -2.39. The van der Waals surface area contributed by atoms with E-state index in [9.17, 15) is 13.6 Å². The molecule has 1 aromatic carbocycles. The van der Waals surface area contributed by atoms with Crippen LogP contribution in [-0.4, -0.2) is 55.0 Å². The zero-order chi connectivity index (χ0) is 19.4. The summed E-state index contributed by atoms with van der Waals surface area (Å²) in [6.45, 7) is 8.99. The van der Waals surface area contributed by atoms with Gasteiger partial charge in [0.15, 0.2) is 0 Å². The minimum absolute atomic E-state index is 0. The van der Waals surface area contributed by atoms with Gasteiger partial charge in [-0.05, 0) is 50.8 Å². The Hall–Kier alpha value is -0.950. The highest BCUT2D eigenvalue weighted by Crippen LogP contribution is 2.26. The van der Waals surface area contributed by atoms with Crippen molar-refractivity contribution in [2.45, 2.75) is 39.2 Å². The third kappa shape index (κ3) is 6.78. The maximum Gasteiger partial charge on any atom is 0.222 e. The van der Waals surface area contributed by atoms with E-state index in [1.54, 1.807) is 0 Å². The quantitative estimate of drug-likeness (QED) is 0.733. The molecule has 29 heavy (non-hydrogen) atoms. The molecule has 2 saturated heterocycles. The van der Waals surface area contributed by atoms with Crippen LogP contribution in [0.4, 0.5) is 8.78 Å². The molecule has 4 nitrogen and oxygen atoms in total. The number of carbonyl (C=O) groups is 1. The molecule has 2 heterocycles. The summed E-state index contributed by atoms with van der Waals surface area (Å²) in [4.78, 5) is 16.8. The predicted molar refractivity (Wildman–Crippen MR) is 117 cm³/mol. The molecule has 8 heteroatoms. The molecule has 166 valence electrons. The van der Waals surface area contributed by atoms with Crippen molar-refractivity contribution in [1.82, 2.24) is 15.1 Å². The van der Waals surface area contributed by atoms with Gasteiger partial charge in [0.1, 0.15) is 11.6 Å². The lowest BCUT2D eigenvalue weighted by atomic mass is 9.85. The van der Waals surface area contributed by atoms with Gasteiger partial charge in [0.2, 0.25) is 5.91 Å². The van der Waals surface area contributed by atoms with E-state index < -0.39 is 11.6 Å². The first-order chi connectivity index (χ1) is 13.0. The molecule has 0 aromatic heterocycles. The fraction of sp³-hybridized carbons (Fsp3) is 0.667. The Morgan fingerprint density at radius 1 is 1.17 bits per heavy atom. The van der Waals surface area contributed by atoms with Crippen LogP contribution in [0.1, 0.15) is 44.7 Å². The Morgan fingerprint density at radius 3 is 2.45 bits per heavy atom. The smallest absolute Gasteiger partial charge is 0.222 e. The summed E-state index contributed by atoms with van der Waals surface area (Å²) in [7, 11) is 0. The molecule has 0 spiro atoms. The molecule has 0 saturated carbocycles. The number of benzene rings is 1. The molecule has 0 radical (unpaired) electrons. The van der Waals surface area contributed by atoms with Crippen LogP contribution in [0.5, 0.6) is 0 Å². The maximum atomic E-state index is 14.0. The molecule has 1 N–H and O–H groups in total. The molecule has 2 aliphatic heterocycles. The summed E-state index contributed by atoms with van der Waals surface area (Å²) in [6.07, 6.45) is 3.00. The first kappa shape index (κ1) is 26.1. The fourth-order valence-electron chi connectivity index (χ4n) is 4.33. The van der Waals surface area contributed by atoms with E-state index in [2.05, 4.69) is 17.1 Å². The molecule has 3 rings (SSSR count). The SMILES string of the molecule is CC(CC(=O)N1CCN(C(C)c2ccc(F)cc2F)CC1)C1CCCNC1.Cl.Cl. The first-order valence-corrected chi connectivity index (χ1v) is 10.1. The topological polar surface area (TPSA) is 35.6 Å². The summed E-state index contributed by atoms with van der Waals surface area (Å²) >= 11 is 0. The highest BCUT2D eigenvalue weighted by molar-refractivity contribution is 5.85. The number of nitrogens with zero attached hydrogens (tertiary/aromatic N) is 2. The molecule has 3 unspecified atom stereocenters. The Kier molecular flexibility index (Phi) is 10.8. The second kappa shape index (κ2) is 12.0. The number of amides is 1. The number of piperidine rings is 1. The lowest BCUT2D eigenvalue weighted by molar-refractivity contribution is -0.134. The van der Waals surface area contributed by atoms with Gasteiger partial charge in [-0.2, -0.15) is 0 Å². The molecular formula is C21H33Cl2F2N3O. The van der Waals surface area contributed by atoms with E-state index in [0.29, 0.717) is 50.0 Å². The number of halogens is 4. The molecule has 3 atom stereocenters. The van der Waals surface area contributed by atoms with Crippen molar-refractivity contribution in [3.63, 3.8) is 0 Å². The van der Waals surface area contributed by atoms with Crippen molar-refractivity contribution in [2.75, 3.05) is 39.3 Å². The van der Waals surface area contributed by atoms with Crippen molar-refractivity contribution in [2.24, 2.45) is 11.8 Å². The summed E-state index contributed by atoms with van der Waals surface area (Å²) in [5, 5.41) is 3.42. The fourth-order valence-corrected chi connectivity index (χ4v) is 4.33. The first-order valence-electron chi connectivity index (χ1n) is 10.1. The van der Waals surface area contributed by atoms with Crippen LogP contribution in [0.15, 0.2) is 18.2 Å². The second-order valence-electron chi connectivity index (χ2n) is 8.05. The van der Waals surface area contributed by atoms with Crippen molar-refractivity contribution in [3.8, 4) is 0 Å². The number of rotatable bonds is 5. The average molecular weight is 452 g/mol. The standard InChI is InChI=1S/C21H31F2N3O.2ClH/c1-15(17-4-3-7-24-14-17)12-21(27)26-10-8-25(9-11-26)16(2)19-6-5-18(22)13-20(19)23;;/h5-6,13,15-17,24H,3-4,7-12,14H2,1-2H3;2*1H. The molecular weight excluding hydrogens is 419 g/mol. The van der Waals surface area contributed by atoms with Crippen LogP contribution in [0.3, 0.4) is 0 Å². The van der Waals surface area contributed by atoms with Crippen LogP contribution < -0.4 is 5.32 Å². The Balaban J connectivity index is 0.00000210. The van der Waals surface area contributed by atoms with E-state index >= 15 is 0 Å². The van der Waals surface area contributed by atoms with E-state index in [1.165, 1.54) is 25.0 Å². The Bertz CT molecular complexity index is 651. The van der Waals surface area contributed by atoms with Crippen LogP contribution in [-0.2, 0) is 4.79 Å². The molecule has 0 aliphatic carbocycles. The van der Waals surface area contributed by atoms with Crippen LogP contribution in [0.25, 0.3) is 0 Å². The second-order valence-corrected chi connectivity index (χ2v) is 8.05. The molecule has 1 aromatic rings. The maximum absolute atomic E-state index is 14.0. The number of hydrogen-bond donors (Lipinski definition) is 1.